The van der Waals surface area contributed by atoms with Crippen molar-refractivity contribution in [3.05, 3.63) is 76.9 Å². The maximum absolute atomic E-state index is 13.6. The Morgan fingerprint density at radius 2 is 1.74 bits per heavy atom. The highest BCUT2D eigenvalue weighted by molar-refractivity contribution is 5.94. The molecule has 1 fully saturated rings. The highest BCUT2D eigenvalue weighted by atomic mass is 16.7. The normalized spacial score (nSPS) is 19.3. The number of anilines is 1. The van der Waals surface area contributed by atoms with Gasteiger partial charge >= 0.3 is 5.97 Å². The number of nitrogens with one attached hydrogen (secondary N) is 1. The summed E-state index contributed by atoms with van der Waals surface area (Å²) in [6.45, 7) is 4.51. The van der Waals surface area contributed by atoms with E-state index in [1.54, 1.807) is 18.2 Å². The number of ether oxygens (including phenoxy) is 4. The molecule has 2 aliphatic heterocycles. The number of hydrogen-bond acceptors (Lipinski definition) is 8. The smallest absolute Gasteiger partial charge is 0.309 e. The van der Waals surface area contributed by atoms with E-state index in [2.05, 4.69) is 19.2 Å². The molecule has 5 rings (SSSR count). The first-order valence-electron chi connectivity index (χ1n) is 14.6. The van der Waals surface area contributed by atoms with Crippen molar-refractivity contribution >= 4 is 17.6 Å². The van der Waals surface area contributed by atoms with Gasteiger partial charge < -0.3 is 34.5 Å². The van der Waals surface area contributed by atoms with E-state index in [1.165, 1.54) is 7.11 Å². The molecule has 3 atom stereocenters. The SMILES string of the molecule is CCc1cccc(CC)c1NC(=O)CN1C[C@H](c2cc(OC)c3c(c2)OCO3)C(C(=O)O)[C@@H]1c1ccc(OCCO)cc1. The molecule has 3 N–H and O–H groups in total. The van der Waals surface area contributed by atoms with E-state index in [0.29, 0.717) is 29.5 Å². The van der Waals surface area contributed by atoms with E-state index in [-0.39, 0.29) is 32.5 Å². The lowest BCUT2D eigenvalue weighted by Gasteiger charge is -2.27. The van der Waals surface area contributed by atoms with Crippen LogP contribution in [0.25, 0.3) is 0 Å². The van der Waals surface area contributed by atoms with Crippen molar-refractivity contribution in [3.63, 3.8) is 0 Å². The second-order valence-electron chi connectivity index (χ2n) is 10.6. The number of aliphatic hydroxyl groups is 1. The number of rotatable bonds is 12. The summed E-state index contributed by atoms with van der Waals surface area (Å²) in [4.78, 5) is 28.5. The van der Waals surface area contributed by atoms with E-state index in [4.69, 9.17) is 24.1 Å². The van der Waals surface area contributed by atoms with Crippen LogP contribution in [0.3, 0.4) is 0 Å². The number of nitrogens with zero attached hydrogens (tertiary/aromatic N) is 1. The molecule has 43 heavy (non-hydrogen) atoms. The molecule has 0 saturated carbocycles. The number of methoxy groups -OCH3 is 1. The van der Waals surface area contributed by atoms with Gasteiger partial charge in [-0.25, -0.2) is 0 Å². The topological polar surface area (TPSA) is 127 Å². The zero-order valence-electron chi connectivity index (χ0n) is 24.7. The standard InChI is InChI=1S/C33H38N2O8/c1-4-20-7-6-8-21(5-2)30(20)34-28(37)18-35-17-25(23-15-26(40-3)32-27(16-23)42-19-43-32)29(33(38)39)31(35)22-9-11-24(12-10-22)41-14-13-36/h6-12,15-16,25,29,31,36H,4-5,13-14,17-19H2,1-3H3,(H,34,37)(H,38,39)/t25-,29?,31+/m1/s1. The summed E-state index contributed by atoms with van der Waals surface area (Å²) in [7, 11) is 1.53. The van der Waals surface area contributed by atoms with Crippen LogP contribution in [0.15, 0.2) is 54.6 Å². The van der Waals surface area contributed by atoms with Gasteiger partial charge in [-0.15, -0.1) is 0 Å². The molecule has 10 nitrogen and oxygen atoms in total. The third kappa shape index (κ3) is 6.25. The second kappa shape index (κ2) is 13.4. The summed E-state index contributed by atoms with van der Waals surface area (Å²) in [5.41, 5.74) is 4.41. The number of aliphatic hydroxyl groups excluding tert-OH is 1. The number of likely N-dealkylation sites (tertiary alicyclic amines) is 1. The van der Waals surface area contributed by atoms with Gasteiger partial charge in [0.15, 0.2) is 11.5 Å². The molecule has 10 heteroatoms. The Kier molecular flexibility index (Phi) is 9.37. The van der Waals surface area contributed by atoms with Gasteiger partial charge in [0, 0.05) is 24.2 Å². The largest absolute Gasteiger partial charge is 0.493 e. The van der Waals surface area contributed by atoms with E-state index < -0.39 is 23.8 Å². The van der Waals surface area contributed by atoms with Gasteiger partial charge in [-0.3, -0.25) is 14.5 Å². The average molecular weight is 591 g/mol. The first-order valence-corrected chi connectivity index (χ1v) is 14.6. The van der Waals surface area contributed by atoms with Crippen molar-refractivity contribution in [1.82, 2.24) is 4.90 Å². The Labute approximate surface area is 251 Å². The van der Waals surface area contributed by atoms with Crippen LogP contribution in [0.2, 0.25) is 0 Å². The summed E-state index contributed by atoms with van der Waals surface area (Å²) in [5.74, 6) is -0.517. The third-order valence-electron chi connectivity index (χ3n) is 8.18. The number of hydrogen-bond donors (Lipinski definition) is 3. The fourth-order valence-corrected chi connectivity index (χ4v) is 6.18. The number of para-hydroxylation sites is 1. The van der Waals surface area contributed by atoms with Gasteiger partial charge in [0.05, 0.1) is 26.2 Å². The molecule has 0 radical (unpaired) electrons. The number of carboxylic acids is 1. The Bertz CT molecular complexity index is 1440. The van der Waals surface area contributed by atoms with E-state index >= 15 is 0 Å². The number of carboxylic acid groups (broad SMARTS) is 1. The van der Waals surface area contributed by atoms with Crippen LogP contribution >= 0.6 is 0 Å². The molecule has 3 aromatic carbocycles. The zero-order valence-corrected chi connectivity index (χ0v) is 24.7. The minimum absolute atomic E-state index is 0.00337. The number of aliphatic carboxylic acids is 1. The van der Waals surface area contributed by atoms with Crippen LogP contribution in [-0.2, 0) is 22.4 Å². The lowest BCUT2D eigenvalue weighted by atomic mass is 9.82. The van der Waals surface area contributed by atoms with Crippen LogP contribution in [0.4, 0.5) is 5.69 Å². The van der Waals surface area contributed by atoms with Gasteiger partial charge in [0.25, 0.3) is 0 Å². The van der Waals surface area contributed by atoms with Crippen LogP contribution in [0, 0.1) is 5.92 Å². The number of benzene rings is 3. The van der Waals surface area contributed by atoms with Crippen LogP contribution in [0.5, 0.6) is 23.0 Å². The number of aryl methyl sites for hydroxylation is 2. The molecule has 1 amide bonds. The second-order valence-corrected chi connectivity index (χ2v) is 10.6. The summed E-state index contributed by atoms with van der Waals surface area (Å²) in [6, 6.07) is 16.2. The van der Waals surface area contributed by atoms with Crippen LogP contribution in [-0.4, -0.2) is 67.2 Å². The van der Waals surface area contributed by atoms with Crippen molar-refractivity contribution in [2.45, 2.75) is 38.6 Å². The molecule has 1 saturated heterocycles. The lowest BCUT2D eigenvalue weighted by Crippen LogP contribution is -2.35. The molecule has 3 aromatic rings. The molecule has 2 heterocycles. The Hall–Kier alpha value is -4.28. The molecule has 0 aliphatic carbocycles. The Morgan fingerprint density at radius 3 is 2.37 bits per heavy atom. The monoisotopic (exact) mass is 590 g/mol. The number of carbonyl (C=O) groups excluding carboxylic acids is 1. The van der Waals surface area contributed by atoms with E-state index in [1.807, 2.05) is 41.3 Å². The summed E-state index contributed by atoms with van der Waals surface area (Å²) < 4.78 is 22.3. The number of fused-ring (bicyclic) bond motifs is 1. The lowest BCUT2D eigenvalue weighted by molar-refractivity contribution is -0.143. The van der Waals surface area contributed by atoms with Crippen molar-refractivity contribution in [2.24, 2.45) is 5.92 Å². The average Bonchev–Trinajstić information content (AvgIpc) is 3.65. The molecule has 0 spiro atoms. The first kappa shape index (κ1) is 30.2. The molecular weight excluding hydrogens is 552 g/mol. The van der Waals surface area contributed by atoms with E-state index in [9.17, 15) is 14.7 Å². The predicted molar refractivity (Wildman–Crippen MR) is 160 cm³/mol. The quantitative estimate of drug-likeness (QED) is 0.281. The van der Waals surface area contributed by atoms with Gasteiger partial charge in [0.2, 0.25) is 18.4 Å². The molecule has 1 unspecified atom stereocenters. The minimum atomic E-state index is -0.972. The Balaban J connectivity index is 1.51. The molecule has 2 aliphatic rings. The van der Waals surface area contributed by atoms with Gasteiger partial charge in [0.1, 0.15) is 12.4 Å². The summed E-state index contributed by atoms with van der Waals surface area (Å²) >= 11 is 0. The molecular formula is C33H38N2O8. The van der Waals surface area contributed by atoms with Crippen molar-refractivity contribution < 1.29 is 38.7 Å². The van der Waals surface area contributed by atoms with Crippen LogP contribution in [0.1, 0.15) is 48.1 Å². The fraction of sp³-hybridized carbons (Fsp3) is 0.394. The Morgan fingerprint density at radius 1 is 1.02 bits per heavy atom. The van der Waals surface area contributed by atoms with Crippen molar-refractivity contribution in [1.29, 1.82) is 0 Å². The van der Waals surface area contributed by atoms with Crippen LogP contribution < -0.4 is 24.3 Å². The zero-order chi connectivity index (χ0) is 30.5. The summed E-state index contributed by atoms with van der Waals surface area (Å²) in [5, 5.41) is 22.9. The van der Waals surface area contributed by atoms with Crippen molar-refractivity contribution in [3.8, 4) is 23.0 Å². The summed E-state index contributed by atoms with van der Waals surface area (Å²) in [6.07, 6.45) is 1.55. The predicted octanol–water partition coefficient (Wildman–Crippen LogP) is 4.40. The van der Waals surface area contributed by atoms with E-state index in [0.717, 1.165) is 40.8 Å². The maximum atomic E-state index is 13.6. The van der Waals surface area contributed by atoms with Crippen molar-refractivity contribution in [2.75, 3.05) is 45.5 Å². The maximum Gasteiger partial charge on any atom is 0.309 e. The molecule has 0 bridgehead atoms. The van der Waals surface area contributed by atoms with Gasteiger partial charge in [-0.2, -0.15) is 0 Å². The molecule has 0 aromatic heterocycles. The molecule has 228 valence electrons. The highest BCUT2D eigenvalue weighted by Crippen LogP contribution is 2.50. The minimum Gasteiger partial charge on any atom is -0.493 e. The third-order valence-corrected chi connectivity index (χ3v) is 8.18. The first-order chi connectivity index (χ1) is 20.9. The fourth-order valence-electron chi connectivity index (χ4n) is 6.18. The number of amides is 1. The van der Waals surface area contributed by atoms with Gasteiger partial charge in [-0.05, 0) is 59.4 Å². The number of carbonyl (C=O) groups is 2. The van der Waals surface area contributed by atoms with Gasteiger partial charge in [-0.1, -0.05) is 44.2 Å². The highest BCUT2D eigenvalue weighted by Gasteiger charge is 2.48.